The predicted octanol–water partition coefficient (Wildman–Crippen LogP) is 4.58. The fourth-order valence-electron chi connectivity index (χ4n) is 4.02. The lowest BCUT2D eigenvalue weighted by molar-refractivity contribution is -0.132. The number of allylic oxidation sites excluding steroid dienone is 2. The number of carbonyl (C=O) groups is 1. The van der Waals surface area contributed by atoms with Gasteiger partial charge in [0.15, 0.2) is 0 Å². The van der Waals surface area contributed by atoms with E-state index in [9.17, 15) is 14.7 Å². The fraction of sp³-hybridized carbons (Fsp3) is 0.125. The first-order chi connectivity index (χ1) is 13.8. The quantitative estimate of drug-likeness (QED) is 0.644. The highest BCUT2D eigenvalue weighted by molar-refractivity contribution is 6.13. The Balaban J connectivity index is 2.15. The monoisotopic (exact) mass is 385 g/mol. The second-order valence-electron chi connectivity index (χ2n) is 7.57. The number of aliphatic carboxylic acids is 1. The lowest BCUT2D eigenvalue weighted by Crippen LogP contribution is -2.26. The second-order valence-corrected chi connectivity index (χ2v) is 7.57. The van der Waals surface area contributed by atoms with E-state index in [1.807, 2.05) is 48.4 Å². The van der Waals surface area contributed by atoms with Crippen LogP contribution in [0.4, 0.5) is 0 Å². The number of fused-ring (bicyclic) bond motifs is 1. The van der Waals surface area contributed by atoms with Crippen molar-refractivity contribution in [3.63, 3.8) is 0 Å². The van der Waals surface area contributed by atoms with Crippen molar-refractivity contribution in [1.29, 1.82) is 0 Å². The zero-order valence-corrected chi connectivity index (χ0v) is 16.0. The van der Waals surface area contributed by atoms with E-state index in [2.05, 4.69) is 0 Å². The van der Waals surface area contributed by atoms with Gasteiger partial charge in [-0.3, -0.25) is 0 Å². The van der Waals surface area contributed by atoms with Gasteiger partial charge in [-0.2, -0.15) is 0 Å². The van der Waals surface area contributed by atoms with Gasteiger partial charge in [-0.05, 0) is 34.0 Å². The number of furan rings is 1. The number of carboxylic acid groups (broad SMARTS) is 1. The van der Waals surface area contributed by atoms with Crippen LogP contribution < -0.4 is 5.73 Å². The molecular weight excluding hydrogens is 366 g/mol. The molecule has 0 spiro atoms. The van der Waals surface area contributed by atoms with Crippen molar-refractivity contribution in [3.8, 4) is 11.1 Å². The highest BCUT2D eigenvalue weighted by atomic mass is 16.4. The van der Waals surface area contributed by atoms with E-state index < -0.39 is 11.4 Å². The van der Waals surface area contributed by atoms with Gasteiger partial charge in [0.2, 0.25) is 0 Å². The standard InChI is InChI=1S/C24H19NO4/c1-24(2)11-19(25)21(22(23(27)28)18(24)12-26)17-8-4-6-14-5-3-7-16(20(14)17)15-9-10-29-13-15/h3-11,13H,25H2,1-2H3,(H,27,28). The van der Waals surface area contributed by atoms with Gasteiger partial charge in [-0.25, -0.2) is 9.59 Å². The molecule has 4 rings (SSSR count). The van der Waals surface area contributed by atoms with Crippen LogP contribution in [0.5, 0.6) is 0 Å². The molecule has 5 nitrogen and oxygen atoms in total. The number of hydrogen-bond acceptors (Lipinski definition) is 4. The summed E-state index contributed by atoms with van der Waals surface area (Å²) in [5.41, 5.74) is 8.55. The molecule has 0 atom stereocenters. The average Bonchev–Trinajstić information content (AvgIpc) is 3.20. The maximum atomic E-state index is 12.2. The van der Waals surface area contributed by atoms with Crippen molar-refractivity contribution in [1.82, 2.24) is 0 Å². The summed E-state index contributed by atoms with van der Waals surface area (Å²) in [7, 11) is 0. The molecule has 3 N–H and O–H groups in total. The Morgan fingerprint density at radius 1 is 1.10 bits per heavy atom. The summed E-state index contributed by atoms with van der Waals surface area (Å²) < 4.78 is 5.25. The molecule has 144 valence electrons. The molecule has 0 aliphatic heterocycles. The molecule has 5 heteroatoms. The van der Waals surface area contributed by atoms with E-state index >= 15 is 0 Å². The summed E-state index contributed by atoms with van der Waals surface area (Å²) in [6, 6.07) is 13.3. The summed E-state index contributed by atoms with van der Waals surface area (Å²) >= 11 is 0. The van der Waals surface area contributed by atoms with Crippen molar-refractivity contribution >= 4 is 28.3 Å². The number of nitrogens with two attached hydrogens (primary N) is 1. The van der Waals surface area contributed by atoms with E-state index in [4.69, 9.17) is 10.2 Å². The molecule has 0 amide bonds. The van der Waals surface area contributed by atoms with Gasteiger partial charge in [0.1, 0.15) is 5.94 Å². The van der Waals surface area contributed by atoms with Crippen molar-refractivity contribution in [2.45, 2.75) is 13.8 Å². The first-order valence-corrected chi connectivity index (χ1v) is 9.12. The first kappa shape index (κ1) is 18.5. The lowest BCUT2D eigenvalue weighted by atomic mass is 9.72. The van der Waals surface area contributed by atoms with Crippen LogP contribution in [0.15, 0.2) is 82.3 Å². The van der Waals surface area contributed by atoms with Gasteiger partial charge in [0, 0.05) is 22.2 Å². The molecule has 0 saturated carbocycles. The van der Waals surface area contributed by atoms with E-state index in [0.717, 1.165) is 21.9 Å². The molecule has 0 fully saturated rings. The third kappa shape index (κ3) is 2.89. The molecule has 1 aromatic heterocycles. The SMILES string of the molecule is CC1(C)C=C(N)C(c2cccc3cccc(-c4ccoc4)c23)=C(C(=O)O)C1=C=O. The zero-order chi connectivity index (χ0) is 20.8. The van der Waals surface area contributed by atoms with Crippen LogP contribution in [0, 0.1) is 5.41 Å². The predicted molar refractivity (Wildman–Crippen MR) is 111 cm³/mol. The normalized spacial score (nSPS) is 15.9. The van der Waals surface area contributed by atoms with Crippen LogP contribution in [0.1, 0.15) is 19.4 Å². The van der Waals surface area contributed by atoms with E-state index in [1.165, 1.54) is 0 Å². The molecule has 1 aliphatic carbocycles. The third-order valence-corrected chi connectivity index (χ3v) is 5.27. The second kappa shape index (κ2) is 6.66. The zero-order valence-electron chi connectivity index (χ0n) is 16.0. The van der Waals surface area contributed by atoms with Gasteiger partial charge in [0.25, 0.3) is 0 Å². The number of carbonyl (C=O) groups excluding carboxylic acids is 1. The molecule has 1 heterocycles. The fourth-order valence-corrected chi connectivity index (χ4v) is 4.02. The molecule has 0 saturated heterocycles. The highest BCUT2D eigenvalue weighted by Crippen LogP contribution is 2.45. The molecule has 2 aromatic carbocycles. The summed E-state index contributed by atoms with van der Waals surface area (Å²) in [4.78, 5) is 24.0. The molecule has 0 radical (unpaired) electrons. The maximum Gasteiger partial charge on any atom is 0.337 e. The van der Waals surface area contributed by atoms with Crippen LogP contribution >= 0.6 is 0 Å². The number of benzene rings is 2. The highest BCUT2D eigenvalue weighted by Gasteiger charge is 2.37. The Kier molecular flexibility index (Phi) is 4.26. The Morgan fingerprint density at radius 2 is 1.79 bits per heavy atom. The van der Waals surface area contributed by atoms with E-state index in [1.54, 1.807) is 32.4 Å². The molecule has 3 aromatic rings. The van der Waals surface area contributed by atoms with Gasteiger partial charge >= 0.3 is 5.97 Å². The Labute approximate surface area is 167 Å². The molecular formula is C24H19NO4. The smallest absolute Gasteiger partial charge is 0.337 e. The summed E-state index contributed by atoms with van der Waals surface area (Å²) in [5, 5.41) is 11.8. The minimum Gasteiger partial charge on any atom is -0.478 e. The minimum atomic E-state index is -1.21. The summed E-state index contributed by atoms with van der Waals surface area (Å²) in [6.07, 6.45) is 4.94. The first-order valence-electron chi connectivity index (χ1n) is 9.12. The molecule has 0 unspecified atom stereocenters. The van der Waals surface area contributed by atoms with Crippen molar-refractivity contribution < 1.29 is 19.1 Å². The number of carboxylic acids is 1. The van der Waals surface area contributed by atoms with E-state index in [0.29, 0.717) is 16.8 Å². The minimum absolute atomic E-state index is 0.0759. The van der Waals surface area contributed by atoms with Crippen LogP contribution in [-0.4, -0.2) is 17.0 Å². The number of hydrogen-bond donors (Lipinski definition) is 2. The van der Waals surface area contributed by atoms with Crippen LogP contribution in [-0.2, 0) is 9.59 Å². The van der Waals surface area contributed by atoms with Crippen molar-refractivity contribution in [3.05, 3.63) is 83.5 Å². The largest absolute Gasteiger partial charge is 0.478 e. The van der Waals surface area contributed by atoms with Crippen LogP contribution in [0.3, 0.4) is 0 Å². The van der Waals surface area contributed by atoms with Gasteiger partial charge in [-0.15, -0.1) is 0 Å². The molecule has 29 heavy (non-hydrogen) atoms. The summed E-state index contributed by atoms with van der Waals surface area (Å²) in [6.45, 7) is 3.50. The van der Waals surface area contributed by atoms with Crippen molar-refractivity contribution in [2.24, 2.45) is 11.1 Å². The maximum absolute atomic E-state index is 12.2. The topological polar surface area (TPSA) is 93.5 Å². The average molecular weight is 385 g/mol. The molecule has 1 aliphatic rings. The lowest BCUT2D eigenvalue weighted by Gasteiger charge is -2.30. The van der Waals surface area contributed by atoms with Crippen LogP contribution in [0.25, 0.3) is 27.5 Å². The van der Waals surface area contributed by atoms with Gasteiger partial charge in [0.05, 0.1) is 23.7 Å². The van der Waals surface area contributed by atoms with Gasteiger partial charge in [-0.1, -0.05) is 50.2 Å². The summed E-state index contributed by atoms with van der Waals surface area (Å²) in [5.74, 6) is 0.641. The molecule has 0 bridgehead atoms. The Morgan fingerprint density at radius 3 is 2.38 bits per heavy atom. The van der Waals surface area contributed by atoms with E-state index in [-0.39, 0.29) is 11.1 Å². The number of rotatable bonds is 3. The Bertz CT molecular complexity index is 1250. The van der Waals surface area contributed by atoms with Crippen molar-refractivity contribution in [2.75, 3.05) is 0 Å². The third-order valence-electron chi connectivity index (χ3n) is 5.27. The van der Waals surface area contributed by atoms with Gasteiger partial charge < -0.3 is 15.3 Å². The van der Waals surface area contributed by atoms with Crippen LogP contribution in [0.2, 0.25) is 0 Å². The Hall–Kier alpha value is -3.82.